The highest BCUT2D eigenvalue weighted by atomic mass is 16.5. The standard InChI is InChI=1S/C30H43NO2/c1-7-23-11-16-26(32-6)28(33-25-14-12-24(13-15-25)29(2,3)4)27(23)30(5)17-8-19-31(20-18-30)21-22-9-10-22/h11-16,22H,7-10,17-21H2,1-6H3. The molecule has 4 rings (SSSR count). The molecule has 1 saturated carbocycles. The van der Waals surface area contributed by atoms with Gasteiger partial charge in [-0.2, -0.15) is 0 Å². The lowest BCUT2D eigenvalue weighted by Gasteiger charge is -2.33. The summed E-state index contributed by atoms with van der Waals surface area (Å²) in [4.78, 5) is 2.71. The van der Waals surface area contributed by atoms with Gasteiger partial charge in [0, 0.05) is 12.1 Å². The minimum atomic E-state index is 0.0822. The van der Waals surface area contributed by atoms with Gasteiger partial charge in [-0.25, -0.2) is 0 Å². The first-order valence-electron chi connectivity index (χ1n) is 12.9. The topological polar surface area (TPSA) is 21.7 Å². The molecule has 2 aliphatic rings. The van der Waals surface area contributed by atoms with E-state index in [0.29, 0.717) is 0 Å². The lowest BCUT2D eigenvalue weighted by Crippen LogP contribution is -2.30. The van der Waals surface area contributed by atoms with Crippen molar-refractivity contribution in [3.63, 3.8) is 0 Å². The number of benzene rings is 2. The minimum Gasteiger partial charge on any atom is -0.493 e. The van der Waals surface area contributed by atoms with Crippen LogP contribution in [0, 0.1) is 5.92 Å². The normalized spacial score (nSPS) is 22.1. The molecule has 1 aliphatic carbocycles. The summed E-state index contributed by atoms with van der Waals surface area (Å²) >= 11 is 0. The number of aryl methyl sites for hydroxylation is 1. The Morgan fingerprint density at radius 3 is 2.33 bits per heavy atom. The van der Waals surface area contributed by atoms with Crippen molar-refractivity contribution >= 4 is 0 Å². The molecule has 0 bridgehead atoms. The summed E-state index contributed by atoms with van der Waals surface area (Å²) < 4.78 is 12.5. The van der Waals surface area contributed by atoms with E-state index in [1.807, 2.05) is 0 Å². The van der Waals surface area contributed by atoms with Crippen LogP contribution in [0.4, 0.5) is 0 Å². The maximum Gasteiger partial charge on any atom is 0.173 e. The Bertz CT molecular complexity index is 939. The van der Waals surface area contributed by atoms with E-state index >= 15 is 0 Å². The van der Waals surface area contributed by atoms with Crippen LogP contribution < -0.4 is 9.47 Å². The number of methoxy groups -OCH3 is 1. The number of likely N-dealkylation sites (tertiary alicyclic amines) is 1. The predicted molar refractivity (Wildman–Crippen MR) is 138 cm³/mol. The van der Waals surface area contributed by atoms with E-state index in [4.69, 9.17) is 9.47 Å². The molecule has 3 heteroatoms. The van der Waals surface area contributed by atoms with Crippen molar-refractivity contribution in [2.75, 3.05) is 26.7 Å². The van der Waals surface area contributed by atoms with Crippen molar-refractivity contribution < 1.29 is 9.47 Å². The Morgan fingerprint density at radius 2 is 1.73 bits per heavy atom. The Labute approximate surface area is 201 Å². The summed E-state index contributed by atoms with van der Waals surface area (Å²) in [7, 11) is 1.76. The highest BCUT2D eigenvalue weighted by Crippen LogP contribution is 2.48. The first-order valence-corrected chi connectivity index (χ1v) is 12.9. The van der Waals surface area contributed by atoms with E-state index in [1.54, 1.807) is 7.11 Å². The fraction of sp³-hybridized carbons (Fsp3) is 0.600. The SMILES string of the molecule is CCc1ccc(OC)c(Oc2ccc(C(C)(C)C)cc2)c1C1(C)CCCN(CC2CC2)CC1. The van der Waals surface area contributed by atoms with Gasteiger partial charge in [-0.3, -0.25) is 0 Å². The van der Waals surface area contributed by atoms with Gasteiger partial charge in [0.2, 0.25) is 0 Å². The summed E-state index contributed by atoms with van der Waals surface area (Å²) in [6, 6.07) is 12.9. The fourth-order valence-corrected chi connectivity index (χ4v) is 5.40. The molecular formula is C30H43NO2. The lowest BCUT2D eigenvalue weighted by molar-refractivity contribution is 0.266. The molecule has 1 aliphatic heterocycles. The molecule has 2 aromatic rings. The average Bonchev–Trinajstić information content (AvgIpc) is 3.62. The van der Waals surface area contributed by atoms with Crippen molar-refractivity contribution in [1.82, 2.24) is 4.90 Å². The second-order valence-electron chi connectivity index (χ2n) is 11.5. The molecule has 0 amide bonds. The van der Waals surface area contributed by atoms with Crippen molar-refractivity contribution in [3.05, 3.63) is 53.1 Å². The zero-order chi connectivity index (χ0) is 23.6. The maximum absolute atomic E-state index is 6.66. The van der Waals surface area contributed by atoms with Gasteiger partial charge in [0.25, 0.3) is 0 Å². The van der Waals surface area contributed by atoms with Crippen molar-refractivity contribution in [1.29, 1.82) is 0 Å². The molecular weight excluding hydrogens is 406 g/mol. The quantitative estimate of drug-likeness (QED) is 0.437. The third kappa shape index (κ3) is 5.57. The van der Waals surface area contributed by atoms with E-state index in [2.05, 4.69) is 75.9 Å². The lowest BCUT2D eigenvalue weighted by atomic mass is 9.73. The van der Waals surface area contributed by atoms with Gasteiger partial charge in [0.1, 0.15) is 5.75 Å². The van der Waals surface area contributed by atoms with Crippen LogP contribution >= 0.6 is 0 Å². The third-order valence-corrected chi connectivity index (χ3v) is 7.75. The number of rotatable bonds is 7. The van der Waals surface area contributed by atoms with Gasteiger partial charge >= 0.3 is 0 Å². The summed E-state index contributed by atoms with van der Waals surface area (Å²) in [5.41, 5.74) is 4.27. The predicted octanol–water partition coefficient (Wildman–Crippen LogP) is 7.50. The van der Waals surface area contributed by atoms with E-state index < -0.39 is 0 Å². The van der Waals surface area contributed by atoms with E-state index in [9.17, 15) is 0 Å². The Hall–Kier alpha value is -2.00. The van der Waals surface area contributed by atoms with Gasteiger partial charge in [-0.15, -0.1) is 0 Å². The number of hydrogen-bond donors (Lipinski definition) is 0. The molecule has 180 valence electrons. The molecule has 2 fully saturated rings. The molecule has 0 N–H and O–H groups in total. The summed E-state index contributed by atoms with van der Waals surface area (Å²) in [6.45, 7) is 15.1. The number of hydrogen-bond acceptors (Lipinski definition) is 3. The number of ether oxygens (including phenoxy) is 2. The van der Waals surface area contributed by atoms with Crippen LogP contribution in [0.3, 0.4) is 0 Å². The summed E-state index contributed by atoms with van der Waals surface area (Å²) in [5, 5.41) is 0. The molecule has 2 aromatic carbocycles. The van der Waals surface area contributed by atoms with Gasteiger partial charge in [-0.05, 0) is 97.7 Å². The molecule has 33 heavy (non-hydrogen) atoms. The highest BCUT2D eigenvalue weighted by molar-refractivity contribution is 5.56. The first kappa shape index (κ1) is 24.1. The Kier molecular flexibility index (Phi) is 7.09. The molecule has 0 spiro atoms. The first-order chi connectivity index (χ1) is 15.7. The van der Waals surface area contributed by atoms with E-state index in [1.165, 1.54) is 68.4 Å². The van der Waals surface area contributed by atoms with Crippen molar-refractivity contribution in [2.24, 2.45) is 5.92 Å². The fourth-order valence-electron chi connectivity index (χ4n) is 5.40. The average molecular weight is 450 g/mol. The van der Waals surface area contributed by atoms with Crippen LogP contribution in [0.2, 0.25) is 0 Å². The Balaban J connectivity index is 1.68. The smallest absolute Gasteiger partial charge is 0.173 e. The number of nitrogens with zero attached hydrogens (tertiary/aromatic N) is 1. The van der Waals surface area contributed by atoms with Gasteiger partial charge in [0.05, 0.1) is 7.11 Å². The van der Waals surface area contributed by atoms with E-state index in [-0.39, 0.29) is 10.8 Å². The second kappa shape index (κ2) is 9.70. The molecule has 0 radical (unpaired) electrons. The van der Waals surface area contributed by atoms with Crippen LogP contribution in [-0.4, -0.2) is 31.6 Å². The third-order valence-electron chi connectivity index (χ3n) is 7.75. The molecule has 3 nitrogen and oxygen atoms in total. The monoisotopic (exact) mass is 449 g/mol. The largest absolute Gasteiger partial charge is 0.493 e. The van der Waals surface area contributed by atoms with Crippen LogP contribution in [-0.2, 0) is 17.3 Å². The summed E-state index contributed by atoms with van der Waals surface area (Å²) in [6.07, 6.45) is 7.45. The highest BCUT2D eigenvalue weighted by Gasteiger charge is 2.36. The molecule has 1 saturated heterocycles. The van der Waals surface area contributed by atoms with Gasteiger partial charge in [-0.1, -0.05) is 52.8 Å². The maximum atomic E-state index is 6.66. The molecule has 1 heterocycles. The minimum absolute atomic E-state index is 0.0822. The van der Waals surface area contributed by atoms with Crippen LogP contribution in [0.15, 0.2) is 36.4 Å². The van der Waals surface area contributed by atoms with Crippen LogP contribution in [0.25, 0.3) is 0 Å². The van der Waals surface area contributed by atoms with Gasteiger partial charge in [0.15, 0.2) is 11.5 Å². The van der Waals surface area contributed by atoms with E-state index in [0.717, 1.165) is 29.6 Å². The van der Waals surface area contributed by atoms with Gasteiger partial charge < -0.3 is 14.4 Å². The molecule has 1 atom stereocenters. The van der Waals surface area contributed by atoms with Crippen molar-refractivity contribution in [3.8, 4) is 17.2 Å². The van der Waals surface area contributed by atoms with Crippen molar-refractivity contribution in [2.45, 2.75) is 84.0 Å². The molecule has 0 aromatic heterocycles. The zero-order valence-corrected chi connectivity index (χ0v) is 21.7. The van der Waals surface area contributed by atoms with Crippen LogP contribution in [0.1, 0.15) is 83.4 Å². The summed E-state index contributed by atoms with van der Waals surface area (Å²) in [5.74, 6) is 3.58. The second-order valence-corrected chi connectivity index (χ2v) is 11.5. The Morgan fingerprint density at radius 1 is 1.00 bits per heavy atom. The molecule has 1 unspecified atom stereocenters. The zero-order valence-electron chi connectivity index (χ0n) is 21.7. The van der Waals surface area contributed by atoms with Crippen LogP contribution in [0.5, 0.6) is 17.2 Å².